The summed E-state index contributed by atoms with van der Waals surface area (Å²) in [6.45, 7) is 3.03. The van der Waals surface area contributed by atoms with Crippen molar-refractivity contribution in [3.8, 4) is 17.1 Å². The second-order valence-electron chi connectivity index (χ2n) is 10.2. The minimum Gasteiger partial charge on any atom is -0.497 e. The molecule has 3 aromatic heterocycles. The highest BCUT2D eigenvalue weighted by Gasteiger charge is 2.22. The summed E-state index contributed by atoms with van der Waals surface area (Å²) in [6, 6.07) is 26.1. The van der Waals surface area contributed by atoms with Crippen molar-refractivity contribution >= 4 is 33.9 Å². The Bertz CT molecular complexity index is 1850. The first-order valence-corrected chi connectivity index (χ1v) is 13.9. The van der Waals surface area contributed by atoms with E-state index in [0.29, 0.717) is 44.0 Å². The largest absolute Gasteiger partial charge is 0.497 e. The van der Waals surface area contributed by atoms with E-state index in [1.54, 1.807) is 11.6 Å². The van der Waals surface area contributed by atoms with Crippen LogP contribution < -0.4 is 9.64 Å². The Morgan fingerprint density at radius 3 is 2.54 bits per heavy atom. The van der Waals surface area contributed by atoms with E-state index in [2.05, 4.69) is 27.2 Å². The number of rotatable bonds is 7. The van der Waals surface area contributed by atoms with Crippen molar-refractivity contribution in [3.63, 3.8) is 0 Å². The van der Waals surface area contributed by atoms with Crippen LogP contribution in [0.2, 0.25) is 0 Å². The number of benzene rings is 3. The van der Waals surface area contributed by atoms with E-state index in [4.69, 9.17) is 14.8 Å². The lowest BCUT2D eigenvalue weighted by atomic mass is 10.2. The summed E-state index contributed by atoms with van der Waals surface area (Å²) in [4.78, 5) is 22.2. The van der Waals surface area contributed by atoms with Crippen LogP contribution in [0, 0.1) is 0 Å². The molecule has 0 radical (unpaired) electrons. The molecule has 7 rings (SSSR count). The first-order valence-electron chi connectivity index (χ1n) is 13.9. The number of fused-ring (bicyclic) bond motifs is 6. The van der Waals surface area contributed by atoms with Gasteiger partial charge in [0.2, 0.25) is 5.91 Å². The van der Waals surface area contributed by atoms with Gasteiger partial charge in [0.1, 0.15) is 11.6 Å². The number of hydrogen-bond acceptors (Lipinski definition) is 7. The van der Waals surface area contributed by atoms with Gasteiger partial charge in [-0.3, -0.25) is 9.20 Å². The van der Waals surface area contributed by atoms with Gasteiger partial charge in [-0.2, -0.15) is 4.52 Å². The molecule has 41 heavy (non-hydrogen) atoms. The molecule has 1 fully saturated rings. The second kappa shape index (κ2) is 10.5. The smallest absolute Gasteiger partial charge is 0.258 e. The second-order valence-corrected chi connectivity index (χ2v) is 10.2. The van der Waals surface area contributed by atoms with Gasteiger partial charge in [0, 0.05) is 61.7 Å². The normalized spacial score (nSPS) is 13.9. The van der Waals surface area contributed by atoms with Crippen LogP contribution in [0.25, 0.3) is 33.7 Å². The predicted octanol–water partition coefficient (Wildman–Crippen LogP) is 4.27. The Labute approximate surface area is 236 Å². The van der Waals surface area contributed by atoms with Crippen LogP contribution >= 0.6 is 0 Å². The van der Waals surface area contributed by atoms with Crippen LogP contribution in [-0.4, -0.2) is 73.3 Å². The molecule has 0 N–H and O–H groups in total. The molecule has 0 unspecified atom stereocenters. The fourth-order valence-electron chi connectivity index (χ4n) is 5.62. The Morgan fingerprint density at radius 2 is 1.71 bits per heavy atom. The lowest BCUT2D eigenvalue weighted by molar-refractivity contribution is -0.131. The third kappa shape index (κ3) is 4.61. The van der Waals surface area contributed by atoms with Crippen molar-refractivity contribution in [2.75, 3.05) is 38.2 Å². The van der Waals surface area contributed by atoms with Gasteiger partial charge in [-0.25, -0.2) is 4.98 Å². The zero-order valence-corrected chi connectivity index (χ0v) is 22.8. The maximum Gasteiger partial charge on any atom is 0.258 e. The Balaban J connectivity index is 1.07. The standard InChI is InChI=1S/C31H30N8O2/c1-41-24-12-7-11-23(21-24)36-17-19-37(20-18-36)28(40)16-8-15-27-33-34-31-38(27)26-14-6-5-13-25(26)30-32-29(35-39(30)31)22-9-3-2-4-10-22/h2-7,9-14,21H,8,15-20H2,1H3. The number of amides is 1. The summed E-state index contributed by atoms with van der Waals surface area (Å²) in [6.07, 6.45) is 1.79. The van der Waals surface area contributed by atoms with E-state index < -0.39 is 0 Å². The molecule has 6 aromatic rings. The monoisotopic (exact) mass is 546 g/mol. The summed E-state index contributed by atoms with van der Waals surface area (Å²) in [5.41, 5.74) is 3.79. The Hall–Kier alpha value is -4.99. The average molecular weight is 547 g/mol. The van der Waals surface area contributed by atoms with Crippen molar-refractivity contribution < 1.29 is 9.53 Å². The first kappa shape index (κ1) is 25.0. The van der Waals surface area contributed by atoms with E-state index >= 15 is 0 Å². The van der Waals surface area contributed by atoms with Crippen molar-refractivity contribution in [2.45, 2.75) is 19.3 Å². The lowest BCUT2D eigenvalue weighted by Crippen LogP contribution is -2.48. The Kier molecular flexibility index (Phi) is 6.42. The molecule has 10 nitrogen and oxygen atoms in total. The fourth-order valence-corrected chi connectivity index (χ4v) is 5.62. The third-order valence-corrected chi connectivity index (χ3v) is 7.77. The summed E-state index contributed by atoms with van der Waals surface area (Å²) >= 11 is 0. The molecule has 10 heteroatoms. The molecule has 1 aliphatic heterocycles. The van der Waals surface area contributed by atoms with E-state index in [-0.39, 0.29) is 5.91 Å². The molecule has 0 spiro atoms. The Morgan fingerprint density at radius 1 is 0.902 bits per heavy atom. The minimum absolute atomic E-state index is 0.181. The number of para-hydroxylation sites is 1. The molecule has 1 aliphatic rings. The molecule has 1 saturated heterocycles. The molecular formula is C31H30N8O2. The fraction of sp³-hybridized carbons (Fsp3) is 0.258. The van der Waals surface area contributed by atoms with Crippen molar-refractivity contribution in [1.82, 2.24) is 34.1 Å². The van der Waals surface area contributed by atoms with E-state index in [1.807, 2.05) is 76.0 Å². The number of piperazine rings is 1. The zero-order chi connectivity index (χ0) is 27.8. The van der Waals surface area contributed by atoms with Crippen LogP contribution in [0.1, 0.15) is 18.7 Å². The van der Waals surface area contributed by atoms with E-state index in [9.17, 15) is 4.79 Å². The van der Waals surface area contributed by atoms with Gasteiger partial charge in [-0.15, -0.1) is 15.3 Å². The zero-order valence-electron chi connectivity index (χ0n) is 22.8. The number of hydrogen-bond donors (Lipinski definition) is 0. The molecule has 3 aromatic carbocycles. The maximum atomic E-state index is 13.1. The number of aryl methyl sites for hydroxylation is 1. The highest BCUT2D eigenvalue weighted by molar-refractivity contribution is 5.94. The molecule has 206 valence electrons. The highest BCUT2D eigenvalue weighted by atomic mass is 16.5. The minimum atomic E-state index is 0.181. The number of methoxy groups -OCH3 is 1. The van der Waals surface area contributed by atoms with Crippen LogP contribution in [0.4, 0.5) is 5.69 Å². The molecular weight excluding hydrogens is 516 g/mol. The lowest BCUT2D eigenvalue weighted by Gasteiger charge is -2.36. The number of carbonyl (C=O) groups is 1. The van der Waals surface area contributed by atoms with Gasteiger partial charge in [-0.1, -0.05) is 48.5 Å². The number of anilines is 1. The number of aromatic nitrogens is 6. The predicted molar refractivity (Wildman–Crippen MR) is 157 cm³/mol. The summed E-state index contributed by atoms with van der Waals surface area (Å²) in [7, 11) is 1.68. The van der Waals surface area contributed by atoms with Crippen molar-refractivity contribution in [3.05, 3.63) is 84.7 Å². The van der Waals surface area contributed by atoms with E-state index in [0.717, 1.165) is 52.5 Å². The molecule has 0 bridgehead atoms. The molecule has 1 amide bonds. The average Bonchev–Trinajstić information content (AvgIpc) is 3.67. The molecule has 0 atom stereocenters. The van der Waals surface area contributed by atoms with Crippen LogP contribution in [0.3, 0.4) is 0 Å². The van der Waals surface area contributed by atoms with E-state index in [1.165, 1.54) is 0 Å². The van der Waals surface area contributed by atoms with Gasteiger partial charge in [0.25, 0.3) is 5.78 Å². The van der Waals surface area contributed by atoms with Gasteiger partial charge >= 0.3 is 0 Å². The first-order chi connectivity index (χ1) is 20.2. The van der Waals surface area contributed by atoms with Crippen LogP contribution in [-0.2, 0) is 11.2 Å². The van der Waals surface area contributed by atoms with Crippen LogP contribution in [0.15, 0.2) is 78.9 Å². The third-order valence-electron chi connectivity index (χ3n) is 7.77. The number of ether oxygens (including phenoxy) is 1. The van der Waals surface area contributed by atoms with Gasteiger partial charge in [-0.05, 0) is 30.7 Å². The quantitative estimate of drug-likeness (QED) is 0.295. The summed E-state index contributed by atoms with van der Waals surface area (Å²) in [5.74, 6) is 3.09. The van der Waals surface area contributed by atoms with Gasteiger partial charge < -0.3 is 14.5 Å². The van der Waals surface area contributed by atoms with Crippen molar-refractivity contribution in [2.24, 2.45) is 0 Å². The van der Waals surface area contributed by atoms with Gasteiger partial charge in [0.05, 0.1) is 12.6 Å². The van der Waals surface area contributed by atoms with Crippen LogP contribution in [0.5, 0.6) is 5.75 Å². The SMILES string of the molecule is COc1cccc(N2CCN(C(=O)CCCc3nnc4n5nc(-c6ccccc6)nc5c5ccccc5n34)CC2)c1. The van der Waals surface area contributed by atoms with Gasteiger partial charge in [0.15, 0.2) is 11.5 Å². The molecule has 0 saturated carbocycles. The number of nitrogens with zero attached hydrogens (tertiary/aromatic N) is 8. The molecule has 4 heterocycles. The topological polar surface area (TPSA) is 93.2 Å². The highest BCUT2D eigenvalue weighted by Crippen LogP contribution is 2.26. The molecule has 0 aliphatic carbocycles. The summed E-state index contributed by atoms with van der Waals surface area (Å²) < 4.78 is 9.18. The number of carbonyl (C=O) groups excluding carboxylic acids is 1. The summed E-state index contributed by atoms with van der Waals surface area (Å²) in [5, 5.41) is 14.8. The maximum absolute atomic E-state index is 13.1. The van der Waals surface area contributed by atoms with Crippen molar-refractivity contribution in [1.29, 1.82) is 0 Å².